The first kappa shape index (κ1) is 10.9. The van der Waals surface area contributed by atoms with Gasteiger partial charge < -0.3 is 0 Å². The number of aldehydes is 1. The maximum absolute atomic E-state index is 9.86. The summed E-state index contributed by atoms with van der Waals surface area (Å²) in [6.07, 6.45) is 11.8. The topological polar surface area (TPSA) is 17.1 Å². The summed E-state index contributed by atoms with van der Waals surface area (Å²) in [7, 11) is 0. The summed E-state index contributed by atoms with van der Waals surface area (Å²) in [6, 6.07) is 0. The second kappa shape index (κ2) is 5.53. The minimum absolute atomic E-state index is 0.221. The highest BCUT2D eigenvalue weighted by Crippen LogP contribution is 2.13. The third-order valence-corrected chi connectivity index (χ3v) is 1.12. The third-order valence-electron chi connectivity index (χ3n) is 1.12. The largest absolute Gasteiger partial charge is 0.299 e. The molecule has 0 rings (SSSR count). The molecule has 0 amide bonds. The average Bonchev–Trinajstić information content (AvgIpc) is 1.94. The van der Waals surface area contributed by atoms with E-state index in [2.05, 4.69) is 26.8 Å². The van der Waals surface area contributed by atoms with Gasteiger partial charge in [0.1, 0.15) is 6.29 Å². The summed E-state index contributed by atoms with van der Waals surface area (Å²) in [5.74, 6) is 0. The molecule has 0 aromatic carbocycles. The van der Waals surface area contributed by atoms with Gasteiger partial charge in [0.15, 0.2) is 0 Å². The van der Waals surface area contributed by atoms with Crippen LogP contribution in [0.5, 0.6) is 0 Å². The van der Waals surface area contributed by atoms with E-state index in [1.54, 1.807) is 6.08 Å². The van der Waals surface area contributed by atoms with Crippen LogP contribution in [0.3, 0.4) is 0 Å². The minimum atomic E-state index is 0.221. The lowest BCUT2D eigenvalue weighted by Gasteiger charge is -2.09. The molecule has 12 heavy (non-hydrogen) atoms. The van der Waals surface area contributed by atoms with Gasteiger partial charge in [-0.05, 0) is 11.5 Å². The Kier molecular flexibility index (Phi) is 5.02. The second-order valence-electron chi connectivity index (χ2n) is 3.63. The molecule has 0 bridgehead atoms. The van der Waals surface area contributed by atoms with Crippen molar-refractivity contribution in [1.29, 1.82) is 0 Å². The maximum atomic E-state index is 9.86. The van der Waals surface area contributed by atoms with Gasteiger partial charge in [0.25, 0.3) is 0 Å². The molecule has 66 valence electrons. The van der Waals surface area contributed by atoms with Crippen molar-refractivity contribution in [2.45, 2.75) is 20.8 Å². The Morgan fingerprint density at radius 1 is 0.833 bits per heavy atom. The molecule has 0 saturated carbocycles. The molecule has 0 heterocycles. The quantitative estimate of drug-likeness (QED) is 0.356. The molecule has 0 aromatic heterocycles. The van der Waals surface area contributed by atoms with Crippen LogP contribution >= 0.6 is 0 Å². The van der Waals surface area contributed by atoms with Gasteiger partial charge >= 0.3 is 0 Å². The summed E-state index contributed by atoms with van der Waals surface area (Å²) in [5.41, 5.74) is 0.221. The van der Waals surface area contributed by atoms with E-state index in [1.807, 2.05) is 18.2 Å². The summed E-state index contributed by atoms with van der Waals surface area (Å²) < 4.78 is 0. The number of carbonyl (C=O) groups excluding carboxylic acids is 1. The second-order valence-corrected chi connectivity index (χ2v) is 3.63. The van der Waals surface area contributed by atoms with Crippen LogP contribution in [0, 0.1) is 5.41 Å². The highest BCUT2D eigenvalue weighted by molar-refractivity contribution is 5.65. The summed E-state index contributed by atoms with van der Waals surface area (Å²) in [6.45, 7) is 6.41. The van der Waals surface area contributed by atoms with Gasteiger partial charge in [0.2, 0.25) is 0 Å². The predicted molar refractivity (Wildman–Crippen MR) is 52.9 cm³/mol. The first-order chi connectivity index (χ1) is 5.56. The summed E-state index contributed by atoms with van der Waals surface area (Å²) in [4.78, 5) is 9.86. The predicted octanol–water partition coefficient (Wildman–Crippen LogP) is 2.90. The van der Waals surface area contributed by atoms with Crippen LogP contribution in [0.2, 0.25) is 0 Å². The van der Waals surface area contributed by atoms with Crippen LogP contribution in [-0.4, -0.2) is 6.29 Å². The van der Waals surface area contributed by atoms with Crippen LogP contribution in [0.4, 0.5) is 0 Å². The Balaban J connectivity index is 3.82. The summed E-state index contributed by atoms with van der Waals surface area (Å²) >= 11 is 0. The van der Waals surface area contributed by atoms with Gasteiger partial charge in [-0.1, -0.05) is 51.2 Å². The molecule has 0 aliphatic heterocycles. The molecular formula is C11H16O. The Hall–Kier alpha value is -1.11. The molecule has 0 aliphatic rings. The van der Waals surface area contributed by atoms with Gasteiger partial charge in [-0.25, -0.2) is 0 Å². The van der Waals surface area contributed by atoms with Crippen LogP contribution in [-0.2, 0) is 4.79 Å². The fourth-order valence-electron chi connectivity index (χ4n) is 0.582. The lowest BCUT2D eigenvalue weighted by atomic mass is 9.96. The number of hydrogen-bond acceptors (Lipinski definition) is 1. The lowest BCUT2D eigenvalue weighted by Crippen LogP contribution is -1.97. The van der Waals surface area contributed by atoms with Crippen molar-refractivity contribution < 1.29 is 4.79 Å². The highest BCUT2D eigenvalue weighted by Gasteiger charge is 2.01. The van der Waals surface area contributed by atoms with Gasteiger partial charge in [-0.15, -0.1) is 0 Å². The van der Waals surface area contributed by atoms with Crippen molar-refractivity contribution in [3.8, 4) is 0 Å². The number of rotatable bonds is 3. The van der Waals surface area contributed by atoms with E-state index in [4.69, 9.17) is 0 Å². The van der Waals surface area contributed by atoms with E-state index >= 15 is 0 Å². The van der Waals surface area contributed by atoms with Crippen molar-refractivity contribution in [3.05, 3.63) is 36.5 Å². The Morgan fingerprint density at radius 3 is 1.83 bits per heavy atom. The van der Waals surface area contributed by atoms with Crippen LogP contribution in [0.15, 0.2) is 36.5 Å². The Labute approximate surface area is 74.5 Å². The van der Waals surface area contributed by atoms with Crippen molar-refractivity contribution in [2.24, 2.45) is 5.41 Å². The average molecular weight is 164 g/mol. The third kappa shape index (κ3) is 8.89. The van der Waals surface area contributed by atoms with Crippen LogP contribution in [0.25, 0.3) is 0 Å². The SMILES string of the molecule is CC(C)(C)C=CC=CC=CC=O. The molecule has 0 fully saturated rings. The molecule has 0 spiro atoms. The zero-order valence-electron chi connectivity index (χ0n) is 7.95. The maximum Gasteiger partial charge on any atom is 0.142 e. The fraction of sp³-hybridized carbons (Fsp3) is 0.364. The van der Waals surface area contributed by atoms with E-state index in [0.29, 0.717) is 0 Å². The molecule has 1 heteroatoms. The Bertz CT molecular complexity index is 202. The van der Waals surface area contributed by atoms with E-state index < -0.39 is 0 Å². The number of hydrogen-bond donors (Lipinski definition) is 0. The number of carbonyl (C=O) groups is 1. The van der Waals surface area contributed by atoms with E-state index in [1.165, 1.54) is 6.08 Å². The molecule has 0 atom stereocenters. The van der Waals surface area contributed by atoms with Gasteiger partial charge in [0.05, 0.1) is 0 Å². The van der Waals surface area contributed by atoms with E-state index in [9.17, 15) is 4.79 Å². The van der Waals surface area contributed by atoms with Crippen molar-refractivity contribution >= 4 is 6.29 Å². The van der Waals surface area contributed by atoms with E-state index in [-0.39, 0.29) is 5.41 Å². The van der Waals surface area contributed by atoms with Gasteiger partial charge in [-0.2, -0.15) is 0 Å². The molecule has 0 aromatic rings. The van der Waals surface area contributed by atoms with Crippen LogP contribution < -0.4 is 0 Å². The van der Waals surface area contributed by atoms with Gasteiger partial charge in [-0.3, -0.25) is 4.79 Å². The molecular weight excluding hydrogens is 148 g/mol. The zero-order valence-corrected chi connectivity index (χ0v) is 7.95. The molecule has 0 unspecified atom stereocenters. The normalized spacial score (nSPS) is 13.6. The van der Waals surface area contributed by atoms with Crippen molar-refractivity contribution in [3.63, 3.8) is 0 Å². The minimum Gasteiger partial charge on any atom is -0.299 e. The molecule has 0 saturated heterocycles. The highest BCUT2D eigenvalue weighted by atomic mass is 16.1. The lowest BCUT2D eigenvalue weighted by molar-refractivity contribution is -0.104. The molecule has 0 radical (unpaired) electrons. The van der Waals surface area contributed by atoms with Crippen molar-refractivity contribution in [1.82, 2.24) is 0 Å². The standard InChI is InChI=1S/C11H16O/c1-11(2,3)9-7-5-4-6-8-10-12/h4-10H,1-3H3. The first-order valence-electron chi connectivity index (χ1n) is 4.02. The van der Waals surface area contributed by atoms with Gasteiger partial charge in [0, 0.05) is 0 Å². The smallest absolute Gasteiger partial charge is 0.142 e. The van der Waals surface area contributed by atoms with E-state index in [0.717, 1.165) is 6.29 Å². The molecule has 0 aliphatic carbocycles. The summed E-state index contributed by atoms with van der Waals surface area (Å²) in [5, 5.41) is 0. The zero-order chi connectivity index (χ0) is 9.45. The first-order valence-corrected chi connectivity index (χ1v) is 4.02. The number of allylic oxidation sites excluding steroid dienone is 6. The molecule has 0 N–H and O–H groups in total. The van der Waals surface area contributed by atoms with Crippen LogP contribution in [0.1, 0.15) is 20.8 Å². The monoisotopic (exact) mass is 164 g/mol. The fourth-order valence-corrected chi connectivity index (χ4v) is 0.582. The van der Waals surface area contributed by atoms with Crippen molar-refractivity contribution in [2.75, 3.05) is 0 Å². The molecule has 1 nitrogen and oxygen atoms in total. The Morgan fingerprint density at radius 2 is 1.33 bits per heavy atom.